The molecule has 0 aliphatic heterocycles. The van der Waals surface area contributed by atoms with Crippen LogP contribution in [0.2, 0.25) is 0 Å². The number of carbonyl (C=O) groups excluding carboxylic acids is 1. The summed E-state index contributed by atoms with van der Waals surface area (Å²) in [6.45, 7) is 7.68. The van der Waals surface area contributed by atoms with Gasteiger partial charge in [0.15, 0.2) is 0 Å². The van der Waals surface area contributed by atoms with E-state index in [0.717, 1.165) is 19.3 Å². The maximum absolute atomic E-state index is 10.3. The predicted octanol–water partition coefficient (Wildman–Crippen LogP) is 1.51. The van der Waals surface area contributed by atoms with E-state index < -0.39 is 5.97 Å². The van der Waals surface area contributed by atoms with Crippen LogP contribution in [0.5, 0.6) is 0 Å². The number of aliphatic carboxylic acids is 1. The largest absolute Gasteiger partial charge is 0.545 e. The first-order chi connectivity index (χ1) is 5.57. The van der Waals surface area contributed by atoms with Gasteiger partial charge in [-0.25, -0.2) is 0 Å². The van der Waals surface area contributed by atoms with Gasteiger partial charge in [-0.05, 0) is 24.3 Å². The normalized spacial score (nSPS) is 12.5. The summed E-state index contributed by atoms with van der Waals surface area (Å²) in [6.07, 6.45) is 3.77. The fourth-order valence-electron chi connectivity index (χ4n) is 1.16. The van der Waals surface area contributed by atoms with Gasteiger partial charge in [-0.15, -0.1) is 0 Å². The molecule has 0 aromatic rings. The van der Waals surface area contributed by atoms with Crippen LogP contribution in [0.15, 0.2) is 12.2 Å². The van der Waals surface area contributed by atoms with Gasteiger partial charge in [0.05, 0.1) is 5.97 Å². The molecule has 0 rings (SSSR count). The van der Waals surface area contributed by atoms with Gasteiger partial charge in [0.1, 0.15) is 0 Å². The summed E-state index contributed by atoms with van der Waals surface area (Å²) in [7, 11) is 0. The highest BCUT2D eigenvalue weighted by molar-refractivity contribution is 5.83. The fourth-order valence-corrected chi connectivity index (χ4v) is 1.16. The van der Waals surface area contributed by atoms with E-state index in [0.29, 0.717) is 12.3 Å². The first kappa shape index (κ1) is 11.2. The molecule has 0 saturated heterocycles. The Morgan fingerprint density at radius 1 is 1.50 bits per heavy atom. The molecular formula is C10H17O2-. The monoisotopic (exact) mass is 169 g/mol. The molecule has 0 amide bonds. The average molecular weight is 169 g/mol. The molecule has 1 atom stereocenters. The average Bonchev–Trinajstić information content (AvgIpc) is 2.00. The maximum Gasteiger partial charge on any atom is 0.0668 e. The summed E-state index contributed by atoms with van der Waals surface area (Å²) in [6, 6.07) is 0. The van der Waals surface area contributed by atoms with Crippen LogP contribution in [0.4, 0.5) is 0 Å². The van der Waals surface area contributed by atoms with E-state index in [2.05, 4.69) is 20.4 Å². The van der Waals surface area contributed by atoms with Crippen molar-refractivity contribution >= 4 is 5.97 Å². The Kier molecular flexibility index (Phi) is 5.43. The lowest BCUT2D eigenvalue weighted by Crippen LogP contribution is -2.24. The van der Waals surface area contributed by atoms with E-state index in [9.17, 15) is 9.90 Å². The molecule has 1 unspecified atom stereocenters. The molecule has 0 saturated carbocycles. The van der Waals surface area contributed by atoms with Gasteiger partial charge in [-0.1, -0.05) is 33.3 Å². The molecular weight excluding hydrogens is 152 g/mol. The van der Waals surface area contributed by atoms with Crippen molar-refractivity contribution in [2.45, 2.75) is 39.5 Å². The van der Waals surface area contributed by atoms with E-state index in [-0.39, 0.29) is 5.57 Å². The molecule has 0 aliphatic rings. The van der Waals surface area contributed by atoms with Crippen molar-refractivity contribution in [1.29, 1.82) is 0 Å². The molecule has 0 fully saturated rings. The van der Waals surface area contributed by atoms with Crippen LogP contribution in [-0.2, 0) is 4.79 Å². The zero-order valence-electron chi connectivity index (χ0n) is 7.93. The maximum atomic E-state index is 10.3. The number of hydrogen-bond acceptors (Lipinski definition) is 2. The Hall–Kier alpha value is -0.790. The first-order valence-electron chi connectivity index (χ1n) is 4.47. The minimum Gasteiger partial charge on any atom is -0.545 e. The summed E-state index contributed by atoms with van der Waals surface area (Å²) >= 11 is 0. The van der Waals surface area contributed by atoms with Gasteiger partial charge < -0.3 is 9.90 Å². The van der Waals surface area contributed by atoms with Crippen molar-refractivity contribution in [1.82, 2.24) is 0 Å². The van der Waals surface area contributed by atoms with E-state index in [1.807, 2.05) is 0 Å². The molecule has 70 valence electrons. The molecule has 2 heteroatoms. The Morgan fingerprint density at radius 3 is 2.50 bits per heavy atom. The Labute approximate surface area is 74.3 Å². The van der Waals surface area contributed by atoms with E-state index >= 15 is 0 Å². The topological polar surface area (TPSA) is 40.1 Å². The predicted molar refractivity (Wildman–Crippen MR) is 47.5 cm³/mol. The lowest BCUT2D eigenvalue weighted by Gasteiger charge is -2.11. The summed E-state index contributed by atoms with van der Waals surface area (Å²) in [5.74, 6) is -0.523. The summed E-state index contributed by atoms with van der Waals surface area (Å²) in [5.41, 5.74) is 0.220. The number of carboxylic acids is 1. The van der Waals surface area contributed by atoms with Gasteiger partial charge in [-0.2, -0.15) is 0 Å². The lowest BCUT2D eigenvalue weighted by atomic mass is 9.98. The van der Waals surface area contributed by atoms with Crippen LogP contribution >= 0.6 is 0 Å². The van der Waals surface area contributed by atoms with Gasteiger partial charge in [0, 0.05) is 0 Å². The van der Waals surface area contributed by atoms with Crippen LogP contribution in [-0.4, -0.2) is 5.97 Å². The summed E-state index contributed by atoms with van der Waals surface area (Å²) in [4.78, 5) is 10.3. The standard InChI is InChI=1S/C10H18O2/c1-4-5-8(2)6-7-9(3)10(11)12/h8H,3-7H2,1-2H3,(H,11,12)/p-1. The molecule has 0 aromatic heterocycles. The van der Waals surface area contributed by atoms with E-state index in [1.54, 1.807) is 0 Å². The molecule has 12 heavy (non-hydrogen) atoms. The zero-order chi connectivity index (χ0) is 9.56. The van der Waals surface area contributed by atoms with Crippen LogP contribution in [0, 0.1) is 5.92 Å². The first-order valence-corrected chi connectivity index (χ1v) is 4.47. The highest BCUT2D eigenvalue weighted by atomic mass is 16.4. The smallest absolute Gasteiger partial charge is 0.0668 e. The molecule has 0 radical (unpaired) electrons. The highest BCUT2D eigenvalue weighted by Gasteiger charge is 2.02. The number of hydrogen-bond donors (Lipinski definition) is 0. The lowest BCUT2D eigenvalue weighted by molar-refractivity contribution is -0.299. The molecule has 0 heterocycles. The van der Waals surface area contributed by atoms with Crippen LogP contribution in [0.3, 0.4) is 0 Å². The summed E-state index contributed by atoms with van der Waals surface area (Å²) < 4.78 is 0. The molecule has 0 spiro atoms. The number of rotatable bonds is 6. The van der Waals surface area contributed by atoms with Crippen molar-refractivity contribution in [2.75, 3.05) is 0 Å². The molecule has 0 N–H and O–H groups in total. The van der Waals surface area contributed by atoms with Gasteiger partial charge in [-0.3, -0.25) is 0 Å². The van der Waals surface area contributed by atoms with Crippen molar-refractivity contribution < 1.29 is 9.90 Å². The SMILES string of the molecule is C=C(CCC(C)CCC)C(=O)[O-]. The second-order valence-electron chi connectivity index (χ2n) is 3.32. The quantitative estimate of drug-likeness (QED) is 0.565. The molecule has 0 aliphatic carbocycles. The fraction of sp³-hybridized carbons (Fsp3) is 0.700. The Bertz CT molecular complexity index is 161. The van der Waals surface area contributed by atoms with Crippen molar-refractivity contribution in [3.63, 3.8) is 0 Å². The molecule has 0 aromatic carbocycles. The van der Waals surface area contributed by atoms with Crippen molar-refractivity contribution in [2.24, 2.45) is 5.92 Å². The van der Waals surface area contributed by atoms with Gasteiger partial charge in [0.2, 0.25) is 0 Å². The van der Waals surface area contributed by atoms with Crippen molar-refractivity contribution in [3.8, 4) is 0 Å². The molecule has 2 nitrogen and oxygen atoms in total. The van der Waals surface area contributed by atoms with E-state index in [4.69, 9.17) is 0 Å². The summed E-state index contributed by atoms with van der Waals surface area (Å²) in [5, 5.41) is 10.3. The third-order valence-electron chi connectivity index (χ3n) is 2.01. The minimum absolute atomic E-state index is 0.220. The third-order valence-corrected chi connectivity index (χ3v) is 2.01. The van der Waals surface area contributed by atoms with Gasteiger partial charge in [0.25, 0.3) is 0 Å². The second kappa shape index (κ2) is 5.81. The second-order valence-corrected chi connectivity index (χ2v) is 3.32. The van der Waals surface area contributed by atoms with Gasteiger partial charge >= 0.3 is 0 Å². The minimum atomic E-state index is -1.11. The van der Waals surface area contributed by atoms with Crippen LogP contribution in [0.25, 0.3) is 0 Å². The number of carbonyl (C=O) groups is 1. The number of carboxylic acid groups (broad SMARTS) is 1. The Balaban J connectivity index is 3.54. The van der Waals surface area contributed by atoms with Crippen LogP contribution < -0.4 is 5.11 Å². The Morgan fingerprint density at radius 2 is 2.08 bits per heavy atom. The van der Waals surface area contributed by atoms with E-state index in [1.165, 1.54) is 0 Å². The molecule has 0 bridgehead atoms. The van der Waals surface area contributed by atoms with Crippen LogP contribution in [0.1, 0.15) is 39.5 Å². The third kappa shape index (κ3) is 4.94. The zero-order valence-corrected chi connectivity index (χ0v) is 7.93. The highest BCUT2D eigenvalue weighted by Crippen LogP contribution is 2.14. The van der Waals surface area contributed by atoms with Crippen molar-refractivity contribution in [3.05, 3.63) is 12.2 Å².